The lowest BCUT2D eigenvalue weighted by atomic mass is 9.96. The summed E-state index contributed by atoms with van der Waals surface area (Å²) in [4.78, 5) is 31.9. The number of aromatic amines is 1. The fraction of sp³-hybridized carbons (Fsp3) is 0.583. The molecule has 0 bridgehead atoms. The lowest BCUT2D eigenvalue weighted by molar-refractivity contribution is -0.125. The number of rotatable bonds is 2. The molecule has 0 aliphatic carbocycles. The molecule has 1 amide bonds. The summed E-state index contributed by atoms with van der Waals surface area (Å²) in [6.45, 7) is 3.28. The smallest absolute Gasteiger partial charge is 0.252 e. The molecule has 0 radical (unpaired) electrons. The molecule has 1 aromatic heterocycles. The van der Waals surface area contributed by atoms with Crippen molar-refractivity contribution in [1.82, 2.24) is 15.3 Å². The highest BCUT2D eigenvalue weighted by molar-refractivity contribution is 5.78. The van der Waals surface area contributed by atoms with Crippen molar-refractivity contribution in [2.24, 2.45) is 5.92 Å². The Hall–Kier alpha value is -1.85. The summed E-state index contributed by atoms with van der Waals surface area (Å²) in [5.41, 5.74) is -0.133. The molecule has 0 aromatic carbocycles. The van der Waals surface area contributed by atoms with Crippen LogP contribution in [0.25, 0.3) is 0 Å². The van der Waals surface area contributed by atoms with E-state index in [2.05, 4.69) is 20.2 Å². The van der Waals surface area contributed by atoms with Crippen LogP contribution >= 0.6 is 0 Å². The number of anilines is 1. The third-order valence-electron chi connectivity index (χ3n) is 3.28. The molecule has 1 aliphatic heterocycles. The van der Waals surface area contributed by atoms with Crippen molar-refractivity contribution in [3.05, 3.63) is 22.2 Å². The molecule has 1 aromatic rings. The molecule has 98 valence electrons. The van der Waals surface area contributed by atoms with Crippen LogP contribution in [0, 0.1) is 12.8 Å². The molecule has 1 fully saturated rings. The minimum atomic E-state index is -0.133. The molecule has 18 heavy (non-hydrogen) atoms. The second kappa shape index (κ2) is 5.20. The normalized spacial score (nSPS) is 16.7. The molecule has 0 saturated carbocycles. The van der Waals surface area contributed by atoms with Crippen LogP contribution in [0.15, 0.2) is 10.9 Å². The number of aromatic nitrogens is 2. The van der Waals surface area contributed by atoms with Crippen molar-refractivity contribution < 1.29 is 4.79 Å². The molecular formula is C12H18N4O2. The van der Waals surface area contributed by atoms with Gasteiger partial charge in [0.2, 0.25) is 5.91 Å². The number of H-pyrrole nitrogens is 1. The van der Waals surface area contributed by atoms with Gasteiger partial charge in [0.15, 0.2) is 0 Å². The number of carbonyl (C=O) groups excluding carboxylic acids is 1. The van der Waals surface area contributed by atoms with Gasteiger partial charge in [-0.1, -0.05) is 0 Å². The highest BCUT2D eigenvalue weighted by Gasteiger charge is 2.24. The summed E-state index contributed by atoms with van der Waals surface area (Å²) in [5, 5.41) is 2.68. The number of piperidine rings is 1. The number of amides is 1. The summed E-state index contributed by atoms with van der Waals surface area (Å²) < 4.78 is 0. The highest BCUT2D eigenvalue weighted by atomic mass is 16.1. The van der Waals surface area contributed by atoms with E-state index in [0.717, 1.165) is 25.9 Å². The van der Waals surface area contributed by atoms with Crippen LogP contribution in [0.3, 0.4) is 0 Å². The van der Waals surface area contributed by atoms with Gasteiger partial charge >= 0.3 is 0 Å². The molecule has 2 N–H and O–H groups in total. The van der Waals surface area contributed by atoms with E-state index in [-0.39, 0.29) is 17.4 Å². The Morgan fingerprint density at radius 2 is 2.17 bits per heavy atom. The van der Waals surface area contributed by atoms with E-state index in [9.17, 15) is 9.59 Å². The molecule has 2 rings (SSSR count). The van der Waals surface area contributed by atoms with Crippen molar-refractivity contribution in [3.8, 4) is 0 Å². The van der Waals surface area contributed by atoms with E-state index in [1.54, 1.807) is 14.0 Å². The molecule has 6 heteroatoms. The molecule has 2 heterocycles. The van der Waals surface area contributed by atoms with Gasteiger partial charge < -0.3 is 15.2 Å². The predicted octanol–water partition coefficient (Wildman–Crippen LogP) is 0.0407. The number of aryl methyl sites for hydroxylation is 1. The van der Waals surface area contributed by atoms with Gasteiger partial charge in [-0.3, -0.25) is 9.59 Å². The fourth-order valence-corrected chi connectivity index (χ4v) is 2.30. The zero-order valence-electron chi connectivity index (χ0n) is 10.7. The first-order valence-corrected chi connectivity index (χ1v) is 6.14. The minimum absolute atomic E-state index is 0.0781. The van der Waals surface area contributed by atoms with Gasteiger partial charge in [0.1, 0.15) is 11.6 Å². The molecule has 6 nitrogen and oxygen atoms in total. The number of nitrogens with zero attached hydrogens (tertiary/aromatic N) is 2. The standard InChI is InChI=1S/C12H18N4O2/c1-8-14-10(7-11(17)15-8)16-5-3-9(4-6-16)12(18)13-2/h7,9H,3-6H2,1-2H3,(H,13,18)(H,14,15,17). The number of hydrogen-bond donors (Lipinski definition) is 2. The van der Waals surface area contributed by atoms with Gasteiger partial charge in [-0.2, -0.15) is 0 Å². The van der Waals surface area contributed by atoms with E-state index in [1.165, 1.54) is 6.07 Å². The van der Waals surface area contributed by atoms with Crippen LogP contribution in [-0.4, -0.2) is 36.0 Å². The average Bonchev–Trinajstić information content (AvgIpc) is 2.37. The highest BCUT2D eigenvalue weighted by Crippen LogP contribution is 2.20. The molecule has 1 saturated heterocycles. The first-order valence-electron chi connectivity index (χ1n) is 6.14. The minimum Gasteiger partial charge on any atom is -0.359 e. The quantitative estimate of drug-likeness (QED) is 0.777. The second-order valence-electron chi connectivity index (χ2n) is 4.56. The van der Waals surface area contributed by atoms with Crippen LogP contribution in [-0.2, 0) is 4.79 Å². The first-order chi connectivity index (χ1) is 8.60. The molecule has 0 atom stereocenters. The lowest BCUT2D eigenvalue weighted by Gasteiger charge is -2.31. The van der Waals surface area contributed by atoms with Crippen LogP contribution in [0.1, 0.15) is 18.7 Å². The fourth-order valence-electron chi connectivity index (χ4n) is 2.30. The number of carbonyl (C=O) groups is 1. The Morgan fingerprint density at radius 3 is 2.72 bits per heavy atom. The van der Waals surface area contributed by atoms with E-state index in [1.807, 2.05) is 0 Å². The molecule has 0 spiro atoms. The van der Waals surface area contributed by atoms with Gasteiger partial charge in [0, 0.05) is 32.1 Å². The van der Waals surface area contributed by atoms with Gasteiger partial charge in [-0.25, -0.2) is 4.98 Å². The Balaban J connectivity index is 2.05. The average molecular weight is 250 g/mol. The topological polar surface area (TPSA) is 78.1 Å². The van der Waals surface area contributed by atoms with Crippen LogP contribution < -0.4 is 15.8 Å². The number of nitrogens with one attached hydrogen (secondary N) is 2. The van der Waals surface area contributed by atoms with E-state index in [4.69, 9.17) is 0 Å². The third-order valence-corrected chi connectivity index (χ3v) is 3.28. The van der Waals surface area contributed by atoms with Gasteiger partial charge in [0.25, 0.3) is 5.56 Å². The lowest BCUT2D eigenvalue weighted by Crippen LogP contribution is -2.40. The Labute approximate surface area is 105 Å². The summed E-state index contributed by atoms with van der Waals surface area (Å²) >= 11 is 0. The van der Waals surface area contributed by atoms with Crippen LogP contribution in [0.5, 0.6) is 0 Å². The van der Waals surface area contributed by atoms with Crippen molar-refractivity contribution in [2.75, 3.05) is 25.0 Å². The first kappa shape index (κ1) is 12.6. The maximum Gasteiger partial charge on any atom is 0.252 e. The monoisotopic (exact) mass is 250 g/mol. The van der Waals surface area contributed by atoms with Crippen molar-refractivity contribution in [1.29, 1.82) is 0 Å². The van der Waals surface area contributed by atoms with Crippen molar-refractivity contribution in [3.63, 3.8) is 0 Å². The van der Waals surface area contributed by atoms with Crippen molar-refractivity contribution >= 4 is 11.7 Å². The molecular weight excluding hydrogens is 232 g/mol. The molecule has 0 unspecified atom stereocenters. The van der Waals surface area contributed by atoms with Gasteiger partial charge in [-0.05, 0) is 19.8 Å². The van der Waals surface area contributed by atoms with Gasteiger partial charge in [-0.15, -0.1) is 0 Å². The Bertz CT molecular complexity index is 489. The maximum atomic E-state index is 11.5. The second-order valence-corrected chi connectivity index (χ2v) is 4.56. The summed E-state index contributed by atoms with van der Waals surface area (Å²) in [5.74, 6) is 1.50. The third kappa shape index (κ3) is 2.69. The van der Waals surface area contributed by atoms with Gasteiger partial charge in [0.05, 0.1) is 0 Å². The van der Waals surface area contributed by atoms with Crippen molar-refractivity contribution in [2.45, 2.75) is 19.8 Å². The van der Waals surface area contributed by atoms with Crippen LogP contribution in [0.4, 0.5) is 5.82 Å². The largest absolute Gasteiger partial charge is 0.359 e. The molecule has 1 aliphatic rings. The number of hydrogen-bond acceptors (Lipinski definition) is 4. The summed E-state index contributed by atoms with van der Waals surface area (Å²) in [6.07, 6.45) is 1.60. The summed E-state index contributed by atoms with van der Waals surface area (Å²) in [7, 11) is 1.66. The van der Waals surface area contributed by atoms with E-state index in [0.29, 0.717) is 11.6 Å². The van der Waals surface area contributed by atoms with Crippen LogP contribution in [0.2, 0.25) is 0 Å². The zero-order chi connectivity index (χ0) is 13.1. The Morgan fingerprint density at radius 1 is 1.50 bits per heavy atom. The van der Waals surface area contributed by atoms with E-state index >= 15 is 0 Å². The SMILES string of the molecule is CNC(=O)C1CCN(c2cc(=O)[nH]c(C)n2)CC1. The maximum absolute atomic E-state index is 11.5. The van der Waals surface area contributed by atoms with E-state index < -0.39 is 0 Å². The zero-order valence-corrected chi connectivity index (χ0v) is 10.7. The Kier molecular flexibility index (Phi) is 3.64. The predicted molar refractivity (Wildman–Crippen MR) is 68.6 cm³/mol. The summed E-state index contributed by atoms with van der Waals surface area (Å²) in [6, 6.07) is 1.51.